The summed E-state index contributed by atoms with van der Waals surface area (Å²) in [7, 11) is -3.86. The zero-order valence-electron chi connectivity index (χ0n) is 7.89. The third kappa shape index (κ3) is 1.57. The molecule has 80 valence electrons. The van der Waals surface area contributed by atoms with E-state index in [-0.39, 0.29) is 10.8 Å². The van der Waals surface area contributed by atoms with Crippen LogP contribution in [0.15, 0.2) is 27.7 Å². The molecule has 0 unspecified atom stereocenters. The second-order valence-electron chi connectivity index (χ2n) is 3.24. The van der Waals surface area contributed by atoms with Crippen molar-refractivity contribution in [2.24, 2.45) is 5.14 Å². The number of aromatic hydroxyl groups is 1. The molecule has 0 amide bonds. The van der Waals surface area contributed by atoms with Crippen molar-refractivity contribution in [1.82, 2.24) is 0 Å². The van der Waals surface area contributed by atoms with E-state index in [1.807, 2.05) is 0 Å². The average molecular weight is 227 g/mol. The molecule has 0 radical (unpaired) electrons. The Morgan fingerprint density at radius 3 is 2.67 bits per heavy atom. The third-order valence-electron chi connectivity index (χ3n) is 2.14. The van der Waals surface area contributed by atoms with Crippen LogP contribution in [0, 0.1) is 6.92 Å². The highest BCUT2D eigenvalue weighted by atomic mass is 32.2. The number of fused-ring (bicyclic) bond motifs is 1. The second kappa shape index (κ2) is 2.98. The molecule has 1 aromatic heterocycles. The molecular formula is C9H9NO4S. The van der Waals surface area contributed by atoms with Crippen LogP contribution in [-0.2, 0) is 10.0 Å². The number of rotatable bonds is 1. The lowest BCUT2D eigenvalue weighted by molar-refractivity contribution is 0.463. The molecule has 3 N–H and O–H groups in total. The van der Waals surface area contributed by atoms with Gasteiger partial charge in [0.2, 0.25) is 5.09 Å². The van der Waals surface area contributed by atoms with Gasteiger partial charge in [0, 0.05) is 17.0 Å². The lowest BCUT2D eigenvalue weighted by atomic mass is 10.2. The van der Waals surface area contributed by atoms with E-state index in [2.05, 4.69) is 0 Å². The van der Waals surface area contributed by atoms with Crippen molar-refractivity contribution in [1.29, 1.82) is 0 Å². The predicted molar refractivity (Wildman–Crippen MR) is 54.0 cm³/mol. The lowest BCUT2D eigenvalue weighted by Gasteiger charge is -1.91. The predicted octanol–water partition coefficient (Wildman–Crippen LogP) is 1.09. The molecule has 0 aliphatic rings. The first kappa shape index (κ1) is 10.0. The zero-order chi connectivity index (χ0) is 11.2. The Labute approximate surface area is 86.2 Å². The van der Waals surface area contributed by atoms with Crippen molar-refractivity contribution in [3.63, 3.8) is 0 Å². The summed E-state index contributed by atoms with van der Waals surface area (Å²) >= 11 is 0. The average Bonchev–Trinajstić information content (AvgIpc) is 2.42. The number of aryl methyl sites for hydroxylation is 1. The van der Waals surface area contributed by atoms with Gasteiger partial charge >= 0.3 is 0 Å². The molecule has 2 rings (SSSR count). The Morgan fingerprint density at radius 1 is 1.40 bits per heavy atom. The van der Waals surface area contributed by atoms with Gasteiger partial charge in [-0.05, 0) is 19.1 Å². The third-order valence-corrected chi connectivity index (χ3v) is 3.04. The van der Waals surface area contributed by atoms with Crippen LogP contribution < -0.4 is 5.14 Å². The minimum Gasteiger partial charge on any atom is -0.508 e. The molecule has 5 nitrogen and oxygen atoms in total. The Morgan fingerprint density at radius 2 is 2.07 bits per heavy atom. The Balaban J connectivity index is 2.87. The molecule has 0 bridgehead atoms. The topological polar surface area (TPSA) is 93.5 Å². The number of primary sulfonamides is 1. The number of furan rings is 1. The molecule has 2 aromatic rings. The van der Waals surface area contributed by atoms with Gasteiger partial charge in [-0.3, -0.25) is 0 Å². The van der Waals surface area contributed by atoms with E-state index in [1.54, 1.807) is 13.0 Å². The van der Waals surface area contributed by atoms with E-state index in [9.17, 15) is 13.5 Å². The number of sulfonamides is 1. The number of hydrogen-bond acceptors (Lipinski definition) is 4. The van der Waals surface area contributed by atoms with Gasteiger partial charge in [0.05, 0.1) is 0 Å². The molecule has 0 atom stereocenters. The van der Waals surface area contributed by atoms with Crippen molar-refractivity contribution in [2.75, 3.05) is 0 Å². The fourth-order valence-corrected chi connectivity index (χ4v) is 2.21. The summed E-state index contributed by atoms with van der Waals surface area (Å²) < 4.78 is 27.3. The fourth-order valence-electron chi connectivity index (χ4n) is 1.46. The number of phenols is 1. The lowest BCUT2D eigenvalue weighted by Crippen LogP contribution is -2.12. The maximum Gasteiger partial charge on any atom is 0.271 e. The molecule has 0 fully saturated rings. The van der Waals surface area contributed by atoms with Crippen LogP contribution in [-0.4, -0.2) is 13.5 Å². The van der Waals surface area contributed by atoms with Crippen molar-refractivity contribution in [3.05, 3.63) is 23.8 Å². The molecule has 1 aromatic carbocycles. The molecule has 15 heavy (non-hydrogen) atoms. The Kier molecular flexibility index (Phi) is 1.99. The number of hydrogen-bond donors (Lipinski definition) is 2. The number of phenolic OH excluding ortho intramolecular Hbond substituents is 1. The van der Waals surface area contributed by atoms with E-state index in [4.69, 9.17) is 9.56 Å². The van der Waals surface area contributed by atoms with Crippen molar-refractivity contribution in [3.8, 4) is 5.75 Å². The van der Waals surface area contributed by atoms with Crippen LogP contribution in [0.2, 0.25) is 0 Å². The van der Waals surface area contributed by atoms with Gasteiger partial charge in [-0.15, -0.1) is 0 Å². The van der Waals surface area contributed by atoms with Crippen LogP contribution in [0.5, 0.6) is 5.75 Å². The minimum absolute atomic E-state index is 0.0113. The maximum absolute atomic E-state index is 11.1. The summed E-state index contributed by atoms with van der Waals surface area (Å²) in [5.41, 5.74) is 0.754. The van der Waals surface area contributed by atoms with Crippen molar-refractivity contribution in [2.45, 2.75) is 12.0 Å². The first-order chi connectivity index (χ1) is 6.89. The van der Waals surface area contributed by atoms with E-state index < -0.39 is 10.0 Å². The highest BCUT2D eigenvalue weighted by Gasteiger charge is 2.19. The van der Waals surface area contributed by atoms with Gasteiger partial charge < -0.3 is 9.52 Å². The first-order valence-electron chi connectivity index (χ1n) is 4.14. The Bertz CT molecular complexity index is 627. The normalized spacial score (nSPS) is 12.1. The van der Waals surface area contributed by atoms with E-state index >= 15 is 0 Å². The Hall–Kier alpha value is -1.53. The molecule has 0 saturated carbocycles. The van der Waals surface area contributed by atoms with E-state index in [0.717, 1.165) is 0 Å². The SMILES string of the molecule is Cc1c(S(N)(=O)=O)oc2cc(O)ccc12. The molecule has 6 heteroatoms. The van der Waals surface area contributed by atoms with E-state index in [1.165, 1.54) is 12.1 Å². The molecule has 0 saturated heterocycles. The van der Waals surface area contributed by atoms with Gasteiger partial charge in [0.15, 0.2) is 0 Å². The summed E-state index contributed by atoms with van der Waals surface area (Å²) in [6.45, 7) is 1.60. The fraction of sp³-hybridized carbons (Fsp3) is 0.111. The molecule has 0 aliphatic heterocycles. The van der Waals surface area contributed by atoms with Crippen LogP contribution >= 0.6 is 0 Å². The summed E-state index contributed by atoms with van der Waals surface area (Å²) in [6.07, 6.45) is 0. The molecule has 0 spiro atoms. The quantitative estimate of drug-likeness (QED) is 0.762. The number of benzene rings is 1. The van der Waals surface area contributed by atoms with Gasteiger partial charge in [-0.2, -0.15) is 0 Å². The number of nitrogens with two attached hydrogens (primary N) is 1. The van der Waals surface area contributed by atoms with Gasteiger partial charge in [0.25, 0.3) is 10.0 Å². The maximum atomic E-state index is 11.1. The molecule has 1 heterocycles. The first-order valence-corrected chi connectivity index (χ1v) is 5.69. The zero-order valence-corrected chi connectivity index (χ0v) is 8.71. The highest BCUT2D eigenvalue weighted by molar-refractivity contribution is 7.89. The van der Waals surface area contributed by atoms with Gasteiger partial charge in [-0.25, -0.2) is 13.6 Å². The van der Waals surface area contributed by atoms with Crippen LogP contribution in [0.3, 0.4) is 0 Å². The highest BCUT2D eigenvalue weighted by Crippen LogP contribution is 2.29. The van der Waals surface area contributed by atoms with E-state index in [0.29, 0.717) is 16.5 Å². The van der Waals surface area contributed by atoms with Crippen LogP contribution in [0.25, 0.3) is 11.0 Å². The minimum atomic E-state index is -3.86. The van der Waals surface area contributed by atoms with Gasteiger partial charge in [-0.1, -0.05) is 0 Å². The summed E-state index contributed by atoms with van der Waals surface area (Å²) in [5, 5.41) is 14.5. The smallest absolute Gasteiger partial charge is 0.271 e. The standard InChI is InChI=1S/C9H9NO4S/c1-5-7-3-2-6(11)4-8(7)14-9(5)15(10,12)13/h2-4,11H,1H3,(H2,10,12,13). The second-order valence-corrected chi connectivity index (χ2v) is 4.70. The van der Waals surface area contributed by atoms with Gasteiger partial charge in [0.1, 0.15) is 11.3 Å². The largest absolute Gasteiger partial charge is 0.508 e. The van der Waals surface area contributed by atoms with Crippen molar-refractivity contribution < 1.29 is 17.9 Å². The monoisotopic (exact) mass is 227 g/mol. The summed E-state index contributed by atoms with van der Waals surface area (Å²) in [5.74, 6) is 0.0113. The van der Waals surface area contributed by atoms with Crippen molar-refractivity contribution >= 4 is 21.0 Å². The molecular weight excluding hydrogens is 218 g/mol. The summed E-state index contributed by atoms with van der Waals surface area (Å²) in [6, 6.07) is 4.38. The van der Waals surface area contributed by atoms with Crippen LogP contribution in [0.1, 0.15) is 5.56 Å². The van der Waals surface area contributed by atoms with Crippen LogP contribution in [0.4, 0.5) is 0 Å². The molecule has 0 aliphatic carbocycles. The summed E-state index contributed by atoms with van der Waals surface area (Å²) in [4.78, 5) is 0.